The van der Waals surface area contributed by atoms with E-state index in [0.717, 1.165) is 72.8 Å². The van der Waals surface area contributed by atoms with E-state index in [-0.39, 0.29) is 16.5 Å². The number of aromatic hydroxyl groups is 8. The molecule has 3 aliphatic heterocycles. The van der Waals surface area contributed by atoms with E-state index in [1.807, 2.05) is 0 Å². The number of esters is 4. The summed E-state index contributed by atoms with van der Waals surface area (Å²) in [7, 11) is 0. The van der Waals surface area contributed by atoms with Crippen LogP contribution >= 0.6 is 0 Å². The van der Waals surface area contributed by atoms with E-state index in [1.54, 1.807) is 0 Å². The van der Waals surface area contributed by atoms with Crippen LogP contribution in [0.4, 0.5) is 0 Å². The highest BCUT2D eigenvalue weighted by molar-refractivity contribution is 5.94. The van der Waals surface area contributed by atoms with E-state index in [4.69, 9.17) is 52.2 Å². The number of carbonyl (C=O) groups is 6. The van der Waals surface area contributed by atoms with Gasteiger partial charge in [0.25, 0.3) is 0 Å². The standard InChI is InChI=1S/C58H58O36/c59-17-34-42(72)46(76)52(92-38(68)8-4-21-2-6-26(61)29(64)10-21)58(89-34)94-53-47(77)44(74)36(19-85-39(69)16-40(70)93-51(55(82)83)49(79)54(80)81)91-57(53)88-33-15-24-27(62)13-23(14-32(24)87-50(33)22-11-30(65)41(71)31(66)12-22)86-56-48(78)45(75)43(73)35(90-56)18-84-37(67)7-3-20-1-5-25(60)28(63)9-20/h1-15,34-36,42-49,51-53,56-59,72-79H,16-19H2,(H9-,60,61,62,63,64,65,66,67,68,71,80,81,82,83)/p+1/t34?,35?,36?,42-,43-,44+,45+,46+,47+,48?,49?,51?,52?,53?,56-,57-,58+/m1/s1. The third-order valence-corrected chi connectivity index (χ3v) is 14.3. The quantitative estimate of drug-likeness (QED) is 0.00780. The van der Waals surface area contributed by atoms with Crippen LogP contribution in [0.2, 0.25) is 0 Å². The van der Waals surface area contributed by atoms with Crippen LogP contribution in [-0.2, 0) is 66.7 Å². The van der Waals surface area contributed by atoms with Gasteiger partial charge < -0.3 is 144 Å². The Morgan fingerprint density at radius 1 is 0.532 bits per heavy atom. The van der Waals surface area contributed by atoms with Crippen molar-refractivity contribution in [1.82, 2.24) is 0 Å². The van der Waals surface area contributed by atoms with Crippen molar-refractivity contribution in [2.45, 2.75) is 111 Å². The molecule has 0 aliphatic carbocycles. The van der Waals surface area contributed by atoms with Gasteiger partial charge in [-0.3, -0.25) is 9.59 Å². The van der Waals surface area contributed by atoms with Gasteiger partial charge in [-0.15, -0.1) is 0 Å². The van der Waals surface area contributed by atoms with Crippen molar-refractivity contribution < 1.29 is 178 Å². The molecule has 5 aromatic rings. The summed E-state index contributed by atoms with van der Waals surface area (Å²) >= 11 is 0. The van der Waals surface area contributed by atoms with E-state index in [1.165, 1.54) is 18.2 Å². The summed E-state index contributed by atoms with van der Waals surface area (Å²) in [6.07, 6.45) is -34.7. The molecule has 0 bridgehead atoms. The molecule has 1 aromatic heterocycles. The van der Waals surface area contributed by atoms with Gasteiger partial charge >= 0.3 is 47.2 Å². The maximum Gasteiger partial charge on any atom is 0.402 e. The second-order valence-electron chi connectivity index (χ2n) is 20.8. The van der Waals surface area contributed by atoms with Crippen LogP contribution in [0.5, 0.6) is 57.5 Å². The highest BCUT2D eigenvalue weighted by Gasteiger charge is 2.54. The fourth-order valence-corrected chi connectivity index (χ4v) is 9.31. The van der Waals surface area contributed by atoms with E-state index in [9.17, 15) is 121 Å². The molecule has 94 heavy (non-hydrogen) atoms. The number of fused-ring (bicyclic) bond motifs is 1. The van der Waals surface area contributed by atoms with Gasteiger partial charge in [-0.25, -0.2) is 23.6 Å². The minimum absolute atomic E-state index is 0.117. The van der Waals surface area contributed by atoms with Gasteiger partial charge in [0.1, 0.15) is 97.6 Å². The fourth-order valence-electron chi connectivity index (χ4n) is 9.31. The largest absolute Gasteiger partial charge is 0.507 e. The maximum atomic E-state index is 13.3. The number of phenols is 8. The van der Waals surface area contributed by atoms with Crippen molar-refractivity contribution in [3.05, 3.63) is 90.0 Å². The van der Waals surface area contributed by atoms with Crippen LogP contribution in [0.1, 0.15) is 17.5 Å². The Morgan fingerprint density at radius 2 is 1.09 bits per heavy atom. The SMILES string of the molecule is O=C(/C=C/c1ccc(O)c(O)c1)OCC1O[C@@H](Oc2cc(O)c3cc(O[C@@H]4OC(COC(=O)CC(=O)OC(C(=O)O)C(O)C(=O)O)[C@H](O)[C@H](O)C4O[C@@H]4OC(CO)[C@@H](O)[C@H](O)C4OC(=O)/C=C/c4ccc(O)c(O)c4)c(-c4cc(O)c(O)c(O)c4)[o+]c3c2)C(O)[C@@H](O)[C@@H]1O. The topological polar surface area (TPSA) is 590 Å². The average Bonchev–Trinajstić information content (AvgIpc) is 0.767. The molecule has 4 heterocycles. The molecular formula is C58H59O36+. The number of carboxylic acids is 2. The van der Waals surface area contributed by atoms with Gasteiger partial charge in [0.05, 0.1) is 18.2 Å². The summed E-state index contributed by atoms with van der Waals surface area (Å²) in [5, 5.41) is 199. The Labute approximate surface area is 524 Å². The predicted octanol–water partition coefficient (Wildman–Crippen LogP) is -2.88. The number of hydrogen-bond acceptors (Lipinski definition) is 33. The number of ether oxygens (including phenoxy) is 10. The van der Waals surface area contributed by atoms with E-state index in [0.29, 0.717) is 0 Å². The van der Waals surface area contributed by atoms with Crippen molar-refractivity contribution in [1.29, 1.82) is 0 Å². The number of aliphatic hydroxyl groups excluding tert-OH is 9. The van der Waals surface area contributed by atoms with Gasteiger partial charge in [-0.1, -0.05) is 12.1 Å². The van der Waals surface area contributed by atoms with Crippen molar-refractivity contribution in [3.8, 4) is 68.8 Å². The van der Waals surface area contributed by atoms with Crippen LogP contribution in [-0.4, -0.2) is 257 Å². The number of phenolic OH excluding ortho intramolecular Hbond substituents is 8. The molecule has 4 aromatic carbocycles. The van der Waals surface area contributed by atoms with Gasteiger partial charge in [0.2, 0.25) is 24.4 Å². The Kier molecular flexibility index (Phi) is 22.2. The molecule has 8 rings (SSSR count). The molecule has 0 saturated carbocycles. The second kappa shape index (κ2) is 29.8. The molecule has 0 spiro atoms. The minimum atomic E-state index is -2.80. The third-order valence-electron chi connectivity index (χ3n) is 14.3. The van der Waals surface area contributed by atoms with Gasteiger partial charge in [-0.05, 0) is 47.5 Å². The molecule has 3 aliphatic rings. The summed E-state index contributed by atoms with van der Waals surface area (Å²) in [5.41, 5.74) is -0.500. The summed E-state index contributed by atoms with van der Waals surface area (Å²) in [6.45, 7) is -3.05. The monoisotopic (exact) mass is 1330 g/mol. The lowest BCUT2D eigenvalue weighted by Crippen LogP contribution is -2.65. The molecule has 3 saturated heterocycles. The van der Waals surface area contributed by atoms with Crippen molar-refractivity contribution in [2.24, 2.45) is 0 Å². The molecule has 8 unspecified atom stereocenters. The van der Waals surface area contributed by atoms with E-state index >= 15 is 0 Å². The van der Waals surface area contributed by atoms with Gasteiger partial charge in [0, 0.05) is 36.4 Å². The zero-order valence-electron chi connectivity index (χ0n) is 47.7. The number of benzene rings is 4. The van der Waals surface area contributed by atoms with Crippen LogP contribution in [0.3, 0.4) is 0 Å². The third kappa shape index (κ3) is 16.3. The molecule has 3 fully saturated rings. The minimum Gasteiger partial charge on any atom is -0.507 e. The van der Waals surface area contributed by atoms with Crippen LogP contribution in [0.25, 0.3) is 34.4 Å². The number of carboxylic acid groups (broad SMARTS) is 2. The summed E-state index contributed by atoms with van der Waals surface area (Å²) < 4.78 is 61.6. The molecule has 36 heteroatoms. The lowest BCUT2D eigenvalue weighted by molar-refractivity contribution is -0.358. The molecule has 506 valence electrons. The lowest BCUT2D eigenvalue weighted by atomic mass is 9.97. The van der Waals surface area contributed by atoms with Crippen LogP contribution in [0.15, 0.2) is 83.3 Å². The molecule has 0 amide bonds. The highest BCUT2D eigenvalue weighted by Crippen LogP contribution is 2.46. The summed E-state index contributed by atoms with van der Waals surface area (Å²) in [6, 6.07) is 11.4. The highest BCUT2D eigenvalue weighted by atomic mass is 16.8. The molecule has 36 nitrogen and oxygen atoms in total. The van der Waals surface area contributed by atoms with Crippen molar-refractivity contribution in [2.75, 3.05) is 19.8 Å². The number of rotatable bonds is 23. The normalized spacial score (nSPS) is 26.8. The lowest BCUT2D eigenvalue weighted by Gasteiger charge is -2.46. The molecule has 19 N–H and O–H groups in total. The van der Waals surface area contributed by atoms with Crippen molar-refractivity contribution in [3.63, 3.8) is 0 Å². The molecule has 17 atom stereocenters. The summed E-state index contributed by atoms with van der Waals surface area (Å²) in [4.78, 5) is 74.2. The number of aliphatic hydroxyl groups is 9. The molecule has 0 radical (unpaired) electrons. The number of carbonyl (C=O) groups excluding carboxylic acids is 4. The predicted molar refractivity (Wildman–Crippen MR) is 299 cm³/mol. The zero-order valence-corrected chi connectivity index (χ0v) is 47.7. The Morgan fingerprint density at radius 3 is 1.67 bits per heavy atom. The number of aliphatic carboxylic acids is 2. The van der Waals surface area contributed by atoms with E-state index < -0.39 is 241 Å². The second-order valence-corrected chi connectivity index (χ2v) is 20.8. The first-order valence-electron chi connectivity index (χ1n) is 27.4. The molecular weight excluding hydrogens is 1270 g/mol. The Hall–Kier alpha value is -9.93. The van der Waals surface area contributed by atoms with Gasteiger partial charge in [0.15, 0.2) is 64.8 Å². The first-order chi connectivity index (χ1) is 44.4. The first-order valence-corrected chi connectivity index (χ1v) is 27.4. The average molecular weight is 1330 g/mol. The fraction of sp³-hybridized carbons (Fsp3) is 0.362. The zero-order chi connectivity index (χ0) is 68.7. The van der Waals surface area contributed by atoms with Crippen molar-refractivity contribution >= 4 is 58.9 Å². The van der Waals surface area contributed by atoms with Crippen LogP contribution < -0.4 is 9.47 Å². The smallest absolute Gasteiger partial charge is 0.402 e. The number of hydrogen-bond donors (Lipinski definition) is 19. The van der Waals surface area contributed by atoms with E-state index in [2.05, 4.69) is 4.74 Å². The first kappa shape index (κ1) is 69.9. The maximum absolute atomic E-state index is 13.3. The van der Waals surface area contributed by atoms with Crippen LogP contribution in [0, 0.1) is 0 Å². The Bertz CT molecular complexity index is 3660. The Balaban J connectivity index is 1.12. The van der Waals surface area contributed by atoms with Gasteiger partial charge in [-0.2, -0.15) is 0 Å². The summed E-state index contributed by atoms with van der Waals surface area (Å²) in [5.74, 6) is -17.7.